The van der Waals surface area contributed by atoms with E-state index >= 15 is 0 Å². The SMILES string of the molecule is CC(Nc1cccc2c(O)cccc12)c1ccc(O)cc1. The van der Waals surface area contributed by atoms with Crippen molar-refractivity contribution in [2.45, 2.75) is 13.0 Å². The van der Waals surface area contributed by atoms with Crippen LogP contribution in [-0.2, 0) is 0 Å². The summed E-state index contributed by atoms with van der Waals surface area (Å²) in [5.41, 5.74) is 2.06. The summed E-state index contributed by atoms with van der Waals surface area (Å²) in [4.78, 5) is 0. The summed E-state index contributed by atoms with van der Waals surface area (Å²) < 4.78 is 0. The fourth-order valence-corrected chi connectivity index (χ4v) is 2.50. The van der Waals surface area contributed by atoms with Gasteiger partial charge >= 0.3 is 0 Å². The summed E-state index contributed by atoms with van der Waals surface area (Å²) >= 11 is 0. The number of rotatable bonds is 3. The average molecular weight is 279 g/mol. The third kappa shape index (κ3) is 2.63. The second-order valence-electron chi connectivity index (χ2n) is 5.14. The first-order valence-corrected chi connectivity index (χ1v) is 6.91. The topological polar surface area (TPSA) is 52.5 Å². The van der Waals surface area contributed by atoms with Gasteiger partial charge in [-0.05, 0) is 36.8 Å². The molecule has 0 saturated heterocycles. The van der Waals surface area contributed by atoms with Gasteiger partial charge in [0.25, 0.3) is 0 Å². The Labute approximate surface area is 123 Å². The number of benzene rings is 3. The normalized spacial score (nSPS) is 12.2. The van der Waals surface area contributed by atoms with Gasteiger partial charge in [-0.1, -0.05) is 36.4 Å². The number of aromatic hydroxyl groups is 2. The zero-order valence-corrected chi connectivity index (χ0v) is 11.7. The standard InChI is InChI=1S/C18H17NO2/c1-12(13-8-10-14(20)11-9-13)19-17-6-2-5-16-15(17)4-3-7-18(16)21/h2-12,19-21H,1H3. The van der Waals surface area contributed by atoms with Crippen molar-refractivity contribution in [1.29, 1.82) is 0 Å². The zero-order valence-electron chi connectivity index (χ0n) is 11.7. The highest BCUT2D eigenvalue weighted by molar-refractivity contribution is 5.97. The van der Waals surface area contributed by atoms with Gasteiger partial charge in [0.2, 0.25) is 0 Å². The van der Waals surface area contributed by atoms with Gasteiger partial charge in [0.05, 0.1) is 0 Å². The van der Waals surface area contributed by atoms with E-state index in [0.29, 0.717) is 0 Å². The largest absolute Gasteiger partial charge is 0.508 e. The summed E-state index contributed by atoms with van der Waals surface area (Å²) in [5, 5.41) is 24.6. The zero-order chi connectivity index (χ0) is 14.8. The van der Waals surface area contributed by atoms with Crippen molar-refractivity contribution in [3.05, 3.63) is 66.2 Å². The number of fused-ring (bicyclic) bond motifs is 1. The van der Waals surface area contributed by atoms with Gasteiger partial charge in [-0.15, -0.1) is 0 Å². The van der Waals surface area contributed by atoms with Crippen LogP contribution in [0.15, 0.2) is 60.7 Å². The fraction of sp³-hybridized carbons (Fsp3) is 0.111. The van der Waals surface area contributed by atoms with Gasteiger partial charge < -0.3 is 15.5 Å². The van der Waals surface area contributed by atoms with Crippen molar-refractivity contribution in [2.24, 2.45) is 0 Å². The lowest BCUT2D eigenvalue weighted by molar-refractivity contribution is 0.475. The van der Waals surface area contributed by atoms with Crippen molar-refractivity contribution >= 4 is 16.5 Å². The van der Waals surface area contributed by atoms with Crippen LogP contribution in [0.4, 0.5) is 5.69 Å². The molecule has 3 rings (SSSR count). The van der Waals surface area contributed by atoms with Crippen LogP contribution in [0, 0.1) is 0 Å². The number of anilines is 1. The number of phenolic OH excluding ortho intramolecular Hbond substituents is 2. The van der Waals surface area contributed by atoms with Crippen molar-refractivity contribution in [3.63, 3.8) is 0 Å². The highest BCUT2D eigenvalue weighted by atomic mass is 16.3. The van der Waals surface area contributed by atoms with E-state index in [2.05, 4.69) is 12.2 Å². The minimum absolute atomic E-state index is 0.0959. The van der Waals surface area contributed by atoms with Crippen molar-refractivity contribution < 1.29 is 10.2 Å². The summed E-state index contributed by atoms with van der Waals surface area (Å²) in [6, 6.07) is 18.6. The molecule has 0 saturated carbocycles. The van der Waals surface area contributed by atoms with E-state index in [1.807, 2.05) is 42.5 Å². The number of hydrogen-bond donors (Lipinski definition) is 3. The molecular formula is C18H17NO2. The molecule has 3 N–H and O–H groups in total. The molecule has 0 spiro atoms. The number of phenols is 2. The molecule has 0 amide bonds. The molecule has 0 aliphatic heterocycles. The predicted octanol–water partition coefficient (Wildman–Crippen LogP) is 4.42. The number of nitrogens with one attached hydrogen (secondary N) is 1. The average Bonchev–Trinajstić information content (AvgIpc) is 2.49. The molecule has 106 valence electrons. The van der Waals surface area contributed by atoms with Crippen LogP contribution in [0.2, 0.25) is 0 Å². The molecule has 1 unspecified atom stereocenters. The van der Waals surface area contributed by atoms with Crippen LogP contribution in [-0.4, -0.2) is 10.2 Å². The molecule has 3 nitrogen and oxygen atoms in total. The summed E-state index contributed by atoms with van der Waals surface area (Å²) in [6.07, 6.45) is 0. The molecule has 3 heteroatoms. The smallest absolute Gasteiger partial charge is 0.123 e. The van der Waals surface area contributed by atoms with E-state index < -0.39 is 0 Å². The van der Waals surface area contributed by atoms with E-state index in [0.717, 1.165) is 22.0 Å². The molecule has 3 aromatic rings. The molecule has 0 aromatic heterocycles. The van der Waals surface area contributed by atoms with Crippen LogP contribution < -0.4 is 5.32 Å². The molecule has 3 aromatic carbocycles. The minimum atomic E-state index is 0.0959. The molecule has 0 fully saturated rings. The van der Waals surface area contributed by atoms with Crippen LogP contribution >= 0.6 is 0 Å². The van der Waals surface area contributed by atoms with Gasteiger partial charge in [0, 0.05) is 22.5 Å². The van der Waals surface area contributed by atoms with Gasteiger partial charge in [-0.2, -0.15) is 0 Å². The monoisotopic (exact) mass is 279 g/mol. The van der Waals surface area contributed by atoms with Gasteiger partial charge in [0.1, 0.15) is 11.5 Å². The Morgan fingerprint density at radius 3 is 2.24 bits per heavy atom. The lowest BCUT2D eigenvalue weighted by atomic mass is 10.0. The van der Waals surface area contributed by atoms with E-state index in [9.17, 15) is 10.2 Å². The Balaban J connectivity index is 1.94. The van der Waals surface area contributed by atoms with E-state index in [1.54, 1.807) is 18.2 Å². The molecule has 0 aliphatic rings. The Kier molecular flexibility index (Phi) is 3.40. The van der Waals surface area contributed by atoms with E-state index in [4.69, 9.17) is 0 Å². The summed E-state index contributed by atoms with van der Waals surface area (Å²) in [6.45, 7) is 2.06. The van der Waals surface area contributed by atoms with E-state index in [-0.39, 0.29) is 17.5 Å². The molecule has 0 aliphatic carbocycles. The maximum absolute atomic E-state index is 9.92. The molecule has 0 heterocycles. The highest BCUT2D eigenvalue weighted by Gasteiger charge is 2.09. The Morgan fingerprint density at radius 2 is 1.48 bits per heavy atom. The quantitative estimate of drug-likeness (QED) is 0.665. The Hall–Kier alpha value is -2.68. The lowest BCUT2D eigenvalue weighted by Gasteiger charge is -2.17. The Bertz CT molecular complexity index is 766. The lowest BCUT2D eigenvalue weighted by Crippen LogP contribution is -2.06. The van der Waals surface area contributed by atoms with Crippen LogP contribution in [0.1, 0.15) is 18.5 Å². The highest BCUT2D eigenvalue weighted by Crippen LogP contribution is 2.31. The van der Waals surface area contributed by atoms with E-state index in [1.165, 1.54) is 0 Å². The van der Waals surface area contributed by atoms with Crippen molar-refractivity contribution in [1.82, 2.24) is 0 Å². The van der Waals surface area contributed by atoms with Gasteiger partial charge in [-0.3, -0.25) is 0 Å². The third-order valence-corrected chi connectivity index (χ3v) is 3.66. The summed E-state index contributed by atoms with van der Waals surface area (Å²) in [5.74, 6) is 0.550. The predicted molar refractivity (Wildman–Crippen MR) is 85.8 cm³/mol. The molecule has 21 heavy (non-hydrogen) atoms. The first-order valence-electron chi connectivity index (χ1n) is 6.91. The third-order valence-electron chi connectivity index (χ3n) is 3.66. The van der Waals surface area contributed by atoms with Gasteiger partial charge in [-0.25, -0.2) is 0 Å². The van der Waals surface area contributed by atoms with Gasteiger partial charge in [0.15, 0.2) is 0 Å². The molecule has 1 atom stereocenters. The van der Waals surface area contributed by atoms with Crippen LogP contribution in [0.25, 0.3) is 10.8 Å². The minimum Gasteiger partial charge on any atom is -0.508 e. The fourth-order valence-electron chi connectivity index (χ4n) is 2.50. The molecular weight excluding hydrogens is 262 g/mol. The first-order chi connectivity index (χ1) is 10.1. The van der Waals surface area contributed by atoms with Crippen LogP contribution in [0.5, 0.6) is 11.5 Å². The van der Waals surface area contributed by atoms with Crippen molar-refractivity contribution in [2.75, 3.05) is 5.32 Å². The van der Waals surface area contributed by atoms with Crippen LogP contribution in [0.3, 0.4) is 0 Å². The summed E-state index contributed by atoms with van der Waals surface area (Å²) in [7, 11) is 0. The first kappa shape index (κ1) is 13.3. The maximum Gasteiger partial charge on any atom is 0.123 e. The number of hydrogen-bond acceptors (Lipinski definition) is 3. The maximum atomic E-state index is 9.92. The van der Waals surface area contributed by atoms with Crippen molar-refractivity contribution in [3.8, 4) is 11.5 Å². The molecule has 0 bridgehead atoms. The second-order valence-corrected chi connectivity index (χ2v) is 5.14. The second kappa shape index (κ2) is 5.37. The Morgan fingerprint density at radius 1 is 0.810 bits per heavy atom. The molecule has 0 radical (unpaired) electrons.